The Hall–Kier alpha value is -3.74. The second-order valence-corrected chi connectivity index (χ2v) is 7.67. The highest BCUT2D eigenvalue weighted by atomic mass is 79.9. The molecule has 0 spiro atoms. The fourth-order valence-corrected chi connectivity index (χ4v) is 2.60. The first-order valence-electron chi connectivity index (χ1n) is 11.3. The predicted molar refractivity (Wildman–Crippen MR) is 139 cm³/mol. The lowest BCUT2D eigenvalue weighted by Gasteiger charge is -2.05. The Kier molecular flexibility index (Phi) is 18.4. The fraction of sp³-hybridized carbons (Fsp3) is 0.417. The number of halogens is 1. The number of carbonyl (C=O) groups excluding carboxylic acids is 2. The molecule has 0 aliphatic carbocycles. The minimum atomic E-state index is -0.514. The number of non-ortho nitro benzene ring substituents is 2. The maximum atomic E-state index is 11.0. The van der Waals surface area contributed by atoms with Gasteiger partial charge in [0.05, 0.1) is 29.7 Å². The minimum Gasteiger partial charge on any atom is -0.508 e. The first kappa shape index (κ1) is 33.3. The SMILES string of the molecule is CCOC(=O)CCCBr.CCOC(=O)CCCOc1ccc([N+](=O)[O-])cc1.O=[N+]([O-])c1ccc(O)cc1. The second-order valence-electron chi connectivity index (χ2n) is 6.88. The number of hydrogen-bond acceptors (Lipinski definition) is 10. The Morgan fingerprint density at radius 2 is 1.24 bits per heavy atom. The number of phenols is 1. The van der Waals surface area contributed by atoms with Crippen LogP contribution in [0.1, 0.15) is 39.5 Å². The molecular formula is C24H31BrN2O10. The number of nitrogens with zero attached hydrogens (tertiary/aromatic N) is 2. The molecule has 0 aliphatic rings. The smallest absolute Gasteiger partial charge is 0.305 e. The molecule has 13 heteroatoms. The van der Waals surface area contributed by atoms with Gasteiger partial charge in [0.25, 0.3) is 11.4 Å². The van der Waals surface area contributed by atoms with Crippen LogP contribution in [0.3, 0.4) is 0 Å². The van der Waals surface area contributed by atoms with Crippen molar-refractivity contribution >= 4 is 39.2 Å². The molecule has 2 aromatic carbocycles. The second kappa shape index (κ2) is 20.5. The number of aromatic hydroxyl groups is 1. The molecular weight excluding hydrogens is 556 g/mol. The van der Waals surface area contributed by atoms with Crippen molar-refractivity contribution in [3.63, 3.8) is 0 Å². The number of rotatable bonds is 12. The van der Waals surface area contributed by atoms with E-state index < -0.39 is 9.85 Å². The molecule has 0 aliphatic heterocycles. The lowest BCUT2D eigenvalue weighted by Crippen LogP contribution is -2.06. The topological polar surface area (TPSA) is 168 Å². The predicted octanol–water partition coefficient (Wildman–Crippen LogP) is 5.34. The van der Waals surface area contributed by atoms with Gasteiger partial charge in [-0.1, -0.05) is 15.9 Å². The summed E-state index contributed by atoms with van der Waals surface area (Å²) in [5.41, 5.74) is 0.00618. The van der Waals surface area contributed by atoms with Crippen molar-refractivity contribution in [1.82, 2.24) is 0 Å². The van der Waals surface area contributed by atoms with Gasteiger partial charge in [-0.3, -0.25) is 29.8 Å². The van der Waals surface area contributed by atoms with E-state index in [1.165, 1.54) is 48.5 Å². The average Bonchev–Trinajstić information content (AvgIpc) is 2.87. The first-order chi connectivity index (χ1) is 17.6. The number of esters is 2. The largest absolute Gasteiger partial charge is 0.508 e. The maximum absolute atomic E-state index is 11.0. The highest BCUT2D eigenvalue weighted by Gasteiger charge is 2.05. The van der Waals surface area contributed by atoms with Crippen LogP contribution < -0.4 is 4.74 Å². The Labute approximate surface area is 223 Å². The summed E-state index contributed by atoms with van der Waals surface area (Å²) < 4.78 is 14.8. The van der Waals surface area contributed by atoms with Crippen molar-refractivity contribution in [3.8, 4) is 11.5 Å². The van der Waals surface area contributed by atoms with Gasteiger partial charge in [0, 0.05) is 42.4 Å². The molecule has 0 radical (unpaired) electrons. The van der Waals surface area contributed by atoms with E-state index in [4.69, 9.17) is 14.6 Å². The highest BCUT2D eigenvalue weighted by molar-refractivity contribution is 9.09. The van der Waals surface area contributed by atoms with Crippen LogP contribution in [0.25, 0.3) is 0 Å². The van der Waals surface area contributed by atoms with Crippen molar-refractivity contribution in [2.24, 2.45) is 0 Å². The lowest BCUT2D eigenvalue weighted by molar-refractivity contribution is -0.385. The number of benzene rings is 2. The molecule has 1 N–H and O–H groups in total. The molecule has 0 saturated carbocycles. The summed E-state index contributed by atoms with van der Waals surface area (Å²) in [6.07, 6.45) is 2.24. The van der Waals surface area contributed by atoms with Crippen LogP contribution in [-0.2, 0) is 19.1 Å². The number of nitro groups is 2. The van der Waals surface area contributed by atoms with E-state index >= 15 is 0 Å². The van der Waals surface area contributed by atoms with Crippen molar-refractivity contribution < 1.29 is 38.8 Å². The van der Waals surface area contributed by atoms with Crippen LogP contribution in [-0.4, -0.2) is 52.0 Å². The zero-order chi connectivity index (χ0) is 28.1. The first-order valence-corrected chi connectivity index (χ1v) is 12.4. The van der Waals surface area contributed by atoms with Crippen LogP contribution in [0, 0.1) is 20.2 Å². The van der Waals surface area contributed by atoms with Gasteiger partial charge < -0.3 is 19.3 Å². The fourth-order valence-electron chi connectivity index (χ4n) is 2.32. The summed E-state index contributed by atoms with van der Waals surface area (Å²) in [6.45, 7) is 4.80. The van der Waals surface area contributed by atoms with E-state index in [0.29, 0.717) is 44.8 Å². The van der Waals surface area contributed by atoms with E-state index in [9.17, 15) is 29.8 Å². The Bertz CT molecular complexity index is 953. The van der Waals surface area contributed by atoms with Crippen LogP contribution >= 0.6 is 15.9 Å². The van der Waals surface area contributed by atoms with Crippen molar-refractivity contribution in [1.29, 1.82) is 0 Å². The monoisotopic (exact) mass is 586 g/mol. The van der Waals surface area contributed by atoms with Gasteiger partial charge in [-0.05, 0) is 51.0 Å². The molecule has 204 valence electrons. The normalized spacial score (nSPS) is 9.49. The van der Waals surface area contributed by atoms with Gasteiger partial charge in [-0.25, -0.2) is 0 Å². The molecule has 0 saturated heterocycles. The van der Waals surface area contributed by atoms with Gasteiger partial charge in [0.1, 0.15) is 11.5 Å². The molecule has 0 bridgehead atoms. The summed E-state index contributed by atoms with van der Waals surface area (Å²) in [6, 6.07) is 10.9. The van der Waals surface area contributed by atoms with Crippen LogP contribution in [0.4, 0.5) is 11.4 Å². The summed E-state index contributed by atoms with van der Waals surface area (Å²) in [5, 5.41) is 30.0. The average molecular weight is 587 g/mol. The number of nitro benzene ring substituents is 2. The molecule has 0 unspecified atom stereocenters. The van der Waals surface area contributed by atoms with Crippen molar-refractivity contribution in [2.75, 3.05) is 25.2 Å². The van der Waals surface area contributed by atoms with Crippen LogP contribution in [0.15, 0.2) is 48.5 Å². The van der Waals surface area contributed by atoms with Gasteiger partial charge in [-0.15, -0.1) is 0 Å². The number of carbonyl (C=O) groups is 2. The number of hydrogen-bond donors (Lipinski definition) is 1. The maximum Gasteiger partial charge on any atom is 0.305 e. The molecule has 0 atom stereocenters. The molecule has 0 amide bonds. The number of alkyl halides is 1. The van der Waals surface area contributed by atoms with Crippen LogP contribution in [0.5, 0.6) is 11.5 Å². The van der Waals surface area contributed by atoms with Crippen molar-refractivity contribution in [3.05, 3.63) is 68.8 Å². The minimum absolute atomic E-state index is 0.0159. The molecule has 0 heterocycles. The molecule has 0 fully saturated rings. The Balaban J connectivity index is 0.000000577. The zero-order valence-electron chi connectivity index (χ0n) is 20.7. The molecule has 2 aromatic rings. The van der Waals surface area contributed by atoms with Crippen LogP contribution in [0.2, 0.25) is 0 Å². The summed E-state index contributed by atoms with van der Waals surface area (Å²) in [4.78, 5) is 41.1. The zero-order valence-corrected chi connectivity index (χ0v) is 22.3. The van der Waals surface area contributed by atoms with Gasteiger partial charge in [0.15, 0.2) is 0 Å². The summed E-state index contributed by atoms with van der Waals surface area (Å²) in [5.74, 6) is 0.233. The van der Waals surface area contributed by atoms with Gasteiger partial charge in [-0.2, -0.15) is 0 Å². The third kappa shape index (κ3) is 17.4. The van der Waals surface area contributed by atoms with E-state index in [0.717, 1.165) is 11.8 Å². The lowest BCUT2D eigenvalue weighted by atomic mass is 10.3. The van der Waals surface area contributed by atoms with E-state index in [2.05, 4.69) is 20.7 Å². The number of phenolic OH excluding ortho intramolecular Hbond substituents is 1. The Morgan fingerprint density at radius 1 is 0.811 bits per heavy atom. The van der Waals surface area contributed by atoms with Gasteiger partial charge in [0.2, 0.25) is 0 Å². The van der Waals surface area contributed by atoms with Gasteiger partial charge >= 0.3 is 11.9 Å². The van der Waals surface area contributed by atoms with E-state index in [-0.39, 0.29) is 29.1 Å². The Morgan fingerprint density at radius 3 is 1.65 bits per heavy atom. The molecule has 37 heavy (non-hydrogen) atoms. The van der Waals surface area contributed by atoms with E-state index in [1.807, 2.05) is 6.92 Å². The molecule has 0 aromatic heterocycles. The third-order valence-corrected chi connectivity index (χ3v) is 4.59. The number of ether oxygens (including phenoxy) is 3. The summed E-state index contributed by atoms with van der Waals surface area (Å²) >= 11 is 3.22. The van der Waals surface area contributed by atoms with E-state index in [1.54, 1.807) is 6.92 Å². The standard InChI is InChI=1S/C12H15NO5.C6H11BrO2.C6H5NO3/c1-2-17-12(14)4-3-9-18-11-7-5-10(6-8-11)13(15)16;1-2-9-6(8)4-3-5-7;8-6-3-1-5(2-4-6)7(9)10/h5-8H,2-4,9H2,1H3;2-5H2,1H3;1-4,8H. The highest BCUT2D eigenvalue weighted by Crippen LogP contribution is 2.17. The summed E-state index contributed by atoms with van der Waals surface area (Å²) in [7, 11) is 0. The quantitative estimate of drug-likeness (QED) is 0.112. The third-order valence-electron chi connectivity index (χ3n) is 4.03. The molecule has 2 rings (SSSR count). The molecule has 12 nitrogen and oxygen atoms in total. The van der Waals surface area contributed by atoms with Crippen molar-refractivity contribution in [2.45, 2.75) is 39.5 Å².